The summed E-state index contributed by atoms with van der Waals surface area (Å²) in [6.45, 7) is 6.01. The van der Waals surface area contributed by atoms with Gasteiger partial charge in [0.25, 0.3) is 0 Å². The number of amides is 1. The van der Waals surface area contributed by atoms with E-state index in [4.69, 9.17) is 0 Å². The van der Waals surface area contributed by atoms with Crippen LogP contribution in [0.25, 0.3) is 0 Å². The minimum Gasteiger partial charge on any atom is -0.365 e. The van der Waals surface area contributed by atoms with E-state index >= 15 is 0 Å². The fourth-order valence-electron chi connectivity index (χ4n) is 4.44. The Morgan fingerprint density at radius 3 is 2.88 bits per heavy atom. The number of hydrogen-bond acceptors (Lipinski definition) is 6. The van der Waals surface area contributed by atoms with Crippen molar-refractivity contribution in [3.05, 3.63) is 11.1 Å². The fourth-order valence-corrected chi connectivity index (χ4v) is 5.10. The van der Waals surface area contributed by atoms with Crippen LogP contribution in [0.5, 0.6) is 0 Å². The van der Waals surface area contributed by atoms with Gasteiger partial charge in [0.15, 0.2) is 5.13 Å². The molecule has 2 saturated heterocycles. The van der Waals surface area contributed by atoms with Gasteiger partial charge in [0.1, 0.15) is 0 Å². The van der Waals surface area contributed by atoms with Crippen molar-refractivity contribution in [2.24, 2.45) is 5.92 Å². The molecule has 2 aliphatic heterocycles. The number of hydrogen-bond donors (Lipinski definition) is 1. The average Bonchev–Trinajstić information content (AvgIpc) is 3.37. The number of nitrogens with one attached hydrogen (secondary N) is 1. The second kappa shape index (κ2) is 7.44. The standard InChI is InChI=1S/C19H31N5OS/c1-20-18-21-16(13-26-18)12-23-10-9-22(2)19(14-23)6-5-17(25)24(8-7-19)11-15-3-4-15/h13,15H,3-12,14H2,1-2H3,(H,20,21). The number of carbonyl (C=O) groups excluding carboxylic acids is 1. The minimum atomic E-state index is 0.133. The Bertz CT molecular complexity index is 646. The minimum absolute atomic E-state index is 0.133. The summed E-state index contributed by atoms with van der Waals surface area (Å²) in [6, 6.07) is 0. The molecule has 1 amide bonds. The van der Waals surface area contributed by atoms with Gasteiger partial charge in [0, 0.05) is 63.7 Å². The van der Waals surface area contributed by atoms with Gasteiger partial charge in [0.2, 0.25) is 5.91 Å². The predicted molar refractivity (Wildman–Crippen MR) is 105 cm³/mol. The number of anilines is 1. The molecular weight excluding hydrogens is 346 g/mol. The average molecular weight is 378 g/mol. The zero-order valence-corrected chi connectivity index (χ0v) is 16.9. The third kappa shape index (κ3) is 3.89. The normalized spacial score (nSPS) is 28.5. The van der Waals surface area contributed by atoms with Crippen LogP contribution in [0.15, 0.2) is 5.38 Å². The third-order valence-electron chi connectivity index (χ3n) is 6.41. The molecule has 1 saturated carbocycles. The summed E-state index contributed by atoms with van der Waals surface area (Å²) >= 11 is 1.67. The van der Waals surface area contributed by atoms with Crippen molar-refractivity contribution in [1.82, 2.24) is 19.7 Å². The van der Waals surface area contributed by atoms with Crippen LogP contribution >= 0.6 is 11.3 Å². The Morgan fingerprint density at radius 2 is 2.15 bits per heavy atom. The summed E-state index contributed by atoms with van der Waals surface area (Å²) in [5, 5.41) is 6.27. The third-order valence-corrected chi connectivity index (χ3v) is 7.32. The van der Waals surface area contributed by atoms with Gasteiger partial charge in [0.05, 0.1) is 5.69 Å². The number of piperazine rings is 1. The van der Waals surface area contributed by atoms with E-state index < -0.39 is 0 Å². The first-order valence-corrected chi connectivity index (χ1v) is 10.8. The molecule has 3 fully saturated rings. The van der Waals surface area contributed by atoms with Crippen LogP contribution in [0.3, 0.4) is 0 Å². The molecule has 3 aliphatic rings. The van der Waals surface area contributed by atoms with Gasteiger partial charge in [-0.3, -0.25) is 14.6 Å². The van der Waals surface area contributed by atoms with Gasteiger partial charge in [-0.25, -0.2) is 4.98 Å². The van der Waals surface area contributed by atoms with Gasteiger partial charge in [-0.1, -0.05) is 0 Å². The molecule has 1 aromatic heterocycles. The largest absolute Gasteiger partial charge is 0.365 e. The number of likely N-dealkylation sites (N-methyl/N-ethyl adjacent to an activating group) is 1. The van der Waals surface area contributed by atoms with Crippen molar-refractivity contribution in [3.63, 3.8) is 0 Å². The van der Waals surface area contributed by atoms with E-state index in [1.54, 1.807) is 11.3 Å². The lowest BCUT2D eigenvalue weighted by Gasteiger charge is -2.49. The molecular formula is C19H31N5OS. The van der Waals surface area contributed by atoms with E-state index in [2.05, 4.69) is 37.4 Å². The van der Waals surface area contributed by atoms with Crippen LogP contribution in [0.2, 0.25) is 0 Å². The summed E-state index contributed by atoms with van der Waals surface area (Å²) in [5.74, 6) is 1.15. The smallest absolute Gasteiger partial charge is 0.222 e. The first-order chi connectivity index (χ1) is 12.6. The van der Waals surface area contributed by atoms with Crippen LogP contribution in [0, 0.1) is 5.92 Å². The van der Waals surface area contributed by atoms with Crippen LogP contribution in [-0.2, 0) is 11.3 Å². The van der Waals surface area contributed by atoms with Crippen LogP contribution in [-0.4, -0.2) is 77.9 Å². The van der Waals surface area contributed by atoms with Gasteiger partial charge in [-0.15, -0.1) is 11.3 Å². The van der Waals surface area contributed by atoms with Crippen molar-refractivity contribution in [2.45, 2.75) is 44.2 Å². The molecule has 1 N–H and O–H groups in total. The Kier molecular flexibility index (Phi) is 5.21. The maximum absolute atomic E-state index is 12.6. The van der Waals surface area contributed by atoms with E-state index in [9.17, 15) is 4.79 Å². The van der Waals surface area contributed by atoms with Crippen molar-refractivity contribution in [3.8, 4) is 0 Å². The zero-order chi connectivity index (χ0) is 18.1. The van der Waals surface area contributed by atoms with E-state index in [1.165, 1.54) is 12.8 Å². The van der Waals surface area contributed by atoms with Crippen LogP contribution < -0.4 is 5.32 Å². The Balaban J connectivity index is 1.42. The molecule has 1 aliphatic carbocycles. The first kappa shape index (κ1) is 18.2. The van der Waals surface area contributed by atoms with E-state index in [1.807, 2.05) is 7.05 Å². The summed E-state index contributed by atoms with van der Waals surface area (Å²) < 4.78 is 0. The fraction of sp³-hybridized carbons (Fsp3) is 0.789. The SMILES string of the molecule is CNc1nc(CN2CCN(C)C3(CCC(=O)N(CC4CC4)CC3)C2)cs1. The summed E-state index contributed by atoms with van der Waals surface area (Å²) in [7, 11) is 4.17. The summed E-state index contributed by atoms with van der Waals surface area (Å²) in [4.78, 5) is 24.5. The first-order valence-electron chi connectivity index (χ1n) is 9.91. The van der Waals surface area contributed by atoms with E-state index in [0.29, 0.717) is 12.3 Å². The topological polar surface area (TPSA) is 51.7 Å². The lowest BCUT2D eigenvalue weighted by Crippen LogP contribution is -2.60. The molecule has 3 heterocycles. The Labute approximate surface area is 160 Å². The summed E-state index contributed by atoms with van der Waals surface area (Å²) in [5.41, 5.74) is 1.28. The molecule has 7 heteroatoms. The number of nitrogens with zero attached hydrogens (tertiary/aromatic N) is 4. The van der Waals surface area contributed by atoms with Crippen LogP contribution in [0.4, 0.5) is 5.13 Å². The molecule has 1 atom stereocenters. The molecule has 0 radical (unpaired) electrons. The number of carbonyl (C=O) groups is 1. The quantitative estimate of drug-likeness (QED) is 0.852. The highest BCUT2D eigenvalue weighted by molar-refractivity contribution is 7.13. The van der Waals surface area contributed by atoms with Gasteiger partial charge >= 0.3 is 0 Å². The molecule has 1 spiro atoms. The lowest BCUT2D eigenvalue weighted by molar-refractivity contribution is -0.131. The highest BCUT2D eigenvalue weighted by atomic mass is 32.1. The lowest BCUT2D eigenvalue weighted by atomic mass is 9.86. The molecule has 0 aromatic carbocycles. The molecule has 0 bridgehead atoms. The highest BCUT2D eigenvalue weighted by Gasteiger charge is 2.42. The number of rotatable bonds is 5. The van der Waals surface area contributed by atoms with Crippen molar-refractivity contribution < 1.29 is 4.79 Å². The molecule has 1 unspecified atom stereocenters. The van der Waals surface area contributed by atoms with Crippen LogP contribution in [0.1, 0.15) is 37.8 Å². The second-order valence-corrected chi connectivity index (χ2v) is 9.14. The molecule has 144 valence electrons. The number of thiazole rings is 1. The number of likely N-dealkylation sites (tertiary alicyclic amines) is 1. The monoisotopic (exact) mass is 377 g/mol. The number of aromatic nitrogens is 1. The Hall–Kier alpha value is -1.18. The maximum atomic E-state index is 12.6. The highest BCUT2D eigenvalue weighted by Crippen LogP contribution is 2.35. The Morgan fingerprint density at radius 1 is 1.31 bits per heavy atom. The molecule has 4 rings (SSSR count). The maximum Gasteiger partial charge on any atom is 0.222 e. The van der Waals surface area contributed by atoms with Crippen molar-refractivity contribution >= 4 is 22.4 Å². The van der Waals surface area contributed by atoms with Crippen molar-refractivity contribution in [1.29, 1.82) is 0 Å². The van der Waals surface area contributed by atoms with E-state index in [-0.39, 0.29) is 5.54 Å². The predicted octanol–water partition coefficient (Wildman–Crippen LogP) is 2.09. The second-order valence-electron chi connectivity index (χ2n) is 8.28. The molecule has 1 aromatic rings. The molecule has 26 heavy (non-hydrogen) atoms. The zero-order valence-electron chi connectivity index (χ0n) is 16.0. The van der Waals surface area contributed by atoms with Crippen molar-refractivity contribution in [2.75, 3.05) is 52.1 Å². The molecule has 6 nitrogen and oxygen atoms in total. The van der Waals surface area contributed by atoms with Gasteiger partial charge in [-0.05, 0) is 38.6 Å². The van der Waals surface area contributed by atoms with E-state index in [0.717, 1.165) is 68.9 Å². The summed E-state index contributed by atoms with van der Waals surface area (Å²) in [6.07, 6.45) is 5.40. The van der Waals surface area contributed by atoms with Gasteiger partial charge in [-0.2, -0.15) is 0 Å². The van der Waals surface area contributed by atoms with Gasteiger partial charge < -0.3 is 10.2 Å².